The highest BCUT2D eigenvalue weighted by Crippen LogP contribution is 2.62. The van der Waals surface area contributed by atoms with Gasteiger partial charge in [-0.25, -0.2) is 0 Å². The molecule has 0 aliphatic heterocycles. The van der Waals surface area contributed by atoms with Crippen molar-refractivity contribution in [2.45, 2.75) is 123 Å². The van der Waals surface area contributed by atoms with Crippen LogP contribution < -0.4 is 9.80 Å². The SMILES string of the molecule is CC(C)c1ccc(N(c2ccc(C(C)C)cc2)c2ccc3c(c2)C([Si](C)(C)C)([Si](C)(C)C)c2c-3c3ccccc3c3cc(N(c4ccc(C(C)C)cc4)c4ccc(C(C)C)cc4)ccc23)cc1. The lowest BCUT2D eigenvalue weighted by atomic mass is 9.91. The van der Waals surface area contributed by atoms with Crippen molar-refractivity contribution in [2.24, 2.45) is 0 Å². The summed E-state index contributed by atoms with van der Waals surface area (Å²) in [6.07, 6.45) is 0. The Kier molecular flexibility index (Phi) is 12.1. The summed E-state index contributed by atoms with van der Waals surface area (Å²) >= 11 is 0. The van der Waals surface area contributed by atoms with Crippen molar-refractivity contribution in [3.8, 4) is 11.1 Å². The molecule has 0 aromatic heterocycles. The van der Waals surface area contributed by atoms with Gasteiger partial charge in [0.15, 0.2) is 0 Å². The summed E-state index contributed by atoms with van der Waals surface area (Å²) in [6.45, 7) is 34.2. The highest BCUT2D eigenvalue weighted by Gasteiger charge is 2.60. The summed E-state index contributed by atoms with van der Waals surface area (Å²) < 4.78 is -0.0990. The Morgan fingerprint density at radius 3 is 1.06 bits per heavy atom. The fourth-order valence-corrected chi connectivity index (χ4v) is 25.0. The van der Waals surface area contributed by atoms with Crippen molar-refractivity contribution in [3.63, 3.8) is 0 Å². The van der Waals surface area contributed by atoms with Crippen LogP contribution in [-0.4, -0.2) is 16.1 Å². The van der Waals surface area contributed by atoms with Gasteiger partial charge in [-0.15, -0.1) is 0 Å². The monoisotopic (exact) mass is 913 g/mol. The maximum atomic E-state index is 2.66. The van der Waals surface area contributed by atoms with E-state index < -0.39 is 16.1 Å². The summed E-state index contributed by atoms with van der Waals surface area (Å²) in [4.78, 5) is 4.98. The third-order valence-electron chi connectivity index (χ3n) is 15.1. The van der Waals surface area contributed by atoms with Gasteiger partial charge in [0.1, 0.15) is 0 Å². The number of rotatable bonds is 12. The zero-order chi connectivity index (χ0) is 47.7. The predicted octanol–water partition coefficient (Wildman–Crippen LogP) is 19.4. The summed E-state index contributed by atoms with van der Waals surface area (Å²) in [6, 6.07) is 61.4. The Bertz CT molecular complexity index is 2960. The molecular formula is C63H72N2Si2. The van der Waals surface area contributed by atoms with Crippen LogP contribution in [0.4, 0.5) is 34.1 Å². The second-order valence-electron chi connectivity index (χ2n) is 22.7. The zero-order valence-corrected chi connectivity index (χ0v) is 44.7. The third kappa shape index (κ3) is 7.88. The number of nitrogens with zero attached hydrogens (tertiary/aromatic N) is 2. The molecule has 0 radical (unpaired) electrons. The fraction of sp³-hybridized carbons (Fsp3) is 0.302. The van der Waals surface area contributed by atoms with Crippen LogP contribution in [0.15, 0.2) is 158 Å². The van der Waals surface area contributed by atoms with Crippen molar-refractivity contribution in [3.05, 3.63) is 191 Å². The van der Waals surface area contributed by atoms with E-state index in [1.54, 1.807) is 5.56 Å². The maximum Gasteiger partial charge on any atom is 0.0579 e. The molecule has 0 amide bonds. The highest BCUT2D eigenvalue weighted by molar-refractivity contribution is 7.00. The Hall–Kier alpha value is -5.69. The molecule has 0 bridgehead atoms. The summed E-state index contributed by atoms with van der Waals surface area (Å²) in [5.41, 5.74) is 18.5. The lowest BCUT2D eigenvalue weighted by molar-refractivity contribution is 0.866. The molecule has 8 aromatic carbocycles. The molecule has 0 fully saturated rings. The van der Waals surface area contributed by atoms with Crippen LogP contribution in [0.2, 0.25) is 39.3 Å². The number of anilines is 6. The van der Waals surface area contributed by atoms with Gasteiger partial charge in [0, 0.05) is 38.8 Å². The van der Waals surface area contributed by atoms with Crippen LogP contribution >= 0.6 is 0 Å². The minimum Gasteiger partial charge on any atom is -0.310 e. The molecule has 0 N–H and O–H groups in total. The van der Waals surface area contributed by atoms with E-state index >= 15 is 0 Å². The van der Waals surface area contributed by atoms with E-state index in [1.807, 2.05) is 0 Å². The lowest BCUT2D eigenvalue weighted by Gasteiger charge is -2.52. The Labute approximate surface area is 404 Å². The molecule has 1 aliphatic rings. The molecule has 0 saturated carbocycles. The van der Waals surface area contributed by atoms with E-state index in [2.05, 4.69) is 262 Å². The summed E-state index contributed by atoms with van der Waals surface area (Å²) in [5.74, 6) is 1.88. The number of hydrogen-bond acceptors (Lipinski definition) is 2. The van der Waals surface area contributed by atoms with Crippen LogP contribution in [0.25, 0.3) is 32.7 Å². The number of hydrogen-bond donors (Lipinski definition) is 0. The highest BCUT2D eigenvalue weighted by atomic mass is 28.4. The van der Waals surface area contributed by atoms with Crippen LogP contribution in [0, 0.1) is 0 Å². The molecule has 342 valence electrons. The average molecular weight is 913 g/mol. The maximum absolute atomic E-state index is 2.66. The Balaban J connectivity index is 1.31. The van der Waals surface area contributed by atoms with Gasteiger partial charge in [-0.1, -0.05) is 180 Å². The molecule has 0 heterocycles. The van der Waals surface area contributed by atoms with Gasteiger partial charge in [0.25, 0.3) is 0 Å². The predicted molar refractivity (Wildman–Crippen MR) is 300 cm³/mol. The van der Waals surface area contributed by atoms with Gasteiger partial charge in [-0.3, -0.25) is 0 Å². The van der Waals surface area contributed by atoms with Gasteiger partial charge < -0.3 is 9.80 Å². The topological polar surface area (TPSA) is 6.48 Å². The van der Waals surface area contributed by atoms with E-state index in [4.69, 9.17) is 0 Å². The summed E-state index contributed by atoms with van der Waals surface area (Å²) in [7, 11) is -4.22. The standard InChI is InChI=1S/C63H72N2Si2/c1-41(2)45-19-27-49(28-20-45)64(50-29-21-46(22-30-50)42(3)4)53-35-37-57-59(39-53)55-17-15-16-18-56(55)61-58-38-36-54(40-60(58)63(62(57)61,66(9,10)11)67(12,13)14)65(51-31-23-47(24-32-51)43(5)6)52-33-25-48(26-34-52)44(7)8/h15-44H,1-14H3. The van der Waals surface area contributed by atoms with E-state index in [0.29, 0.717) is 23.7 Å². The van der Waals surface area contributed by atoms with Crippen molar-refractivity contribution in [2.75, 3.05) is 9.80 Å². The van der Waals surface area contributed by atoms with Crippen molar-refractivity contribution in [1.29, 1.82) is 0 Å². The van der Waals surface area contributed by atoms with Crippen LogP contribution in [-0.2, 0) is 4.66 Å². The third-order valence-corrected chi connectivity index (χ3v) is 25.1. The molecule has 0 spiro atoms. The molecule has 9 rings (SSSR count). The minimum atomic E-state index is -2.11. The smallest absolute Gasteiger partial charge is 0.0579 e. The molecule has 0 unspecified atom stereocenters. The van der Waals surface area contributed by atoms with Gasteiger partial charge in [0.05, 0.1) is 16.1 Å². The molecule has 67 heavy (non-hydrogen) atoms. The molecule has 0 saturated heterocycles. The Morgan fingerprint density at radius 2 is 0.687 bits per heavy atom. The zero-order valence-electron chi connectivity index (χ0n) is 42.7. The van der Waals surface area contributed by atoms with Gasteiger partial charge in [-0.2, -0.15) is 0 Å². The molecule has 1 aliphatic carbocycles. The van der Waals surface area contributed by atoms with Crippen LogP contribution in [0.5, 0.6) is 0 Å². The van der Waals surface area contributed by atoms with E-state index in [9.17, 15) is 0 Å². The van der Waals surface area contributed by atoms with E-state index in [-0.39, 0.29) is 4.66 Å². The summed E-state index contributed by atoms with van der Waals surface area (Å²) in [5, 5.41) is 5.41. The van der Waals surface area contributed by atoms with E-state index in [0.717, 1.165) is 0 Å². The average Bonchev–Trinajstić information content (AvgIpc) is 3.63. The molecule has 4 heteroatoms. The van der Waals surface area contributed by atoms with E-state index in [1.165, 1.54) is 94.6 Å². The normalized spacial score (nSPS) is 13.6. The van der Waals surface area contributed by atoms with Crippen LogP contribution in [0.3, 0.4) is 0 Å². The van der Waals surface area contributed by atoms with Gasteiger partial charge in [0.2, 0.25) is 0 Å². The largest absolute Gasteiger partial charge is 0.310 e. The first-order valence-electron chi connectivity index (χ1n) is 25.0. The van der Waals surface area contributed by atoms with Crippen LogP contribution in [0.1, 0.15) is 112 Å². The number of benzene rings is 8. The fourth-order valence-electron chi connectivity index (χ4n) is 11.9. The van der Waals surface area contributed by atoms with Crippen molar-refractivity contribution >= 4 is 71.8 Å². The molecule has 0 atom stereocenters. The lowest BCUT2D eigenvalue weighted by Crippen LogP contribution is -2.63. The first-order chi connectivity index (χ1) is 31.8. The quantitative estimate of drug-likeness (QED) is 0.0890. The van der Waals surface area contributed by atoms with Gasteiger partial charge >= 0.3 is 0 Å². The second kappa shape index (κ2) is 17.4. The second-order valence-corrected chi connectivity index (χ2v) is 33.7. The van der Waals surface area contributed by atoms with Crippen molar-refractivity contribution in [1.82, 2.24) is 0 Å². The first-order valence-corrected chi connectivity index (χ1v) is 32.0. The van der Waals surface area contributed by atoms with Gasteiger partial charge in [-0.05, 0) is 163 Å². The molecule has 2 nitrogen and oxygen atoms in total. The first kappa shape index (κ1) is 46.4. The minimum absolute atomic E-state index is 0.0990. The van der Waals surface area contributed by atoms with Crippen molar-refractivity contribution < 1.29 is 0 Å². The number of fused-ring (bicyclic) bond motifs is 8. The molecule has 8 aromatic rings. The molecular weight excluding hydrogens is 841 g/mol. The Morgan fingerprint density at radius 1 is 0.343 bits per heavy atom.